The molecule has 0 aromatic heterocycles. The summed E-state index contributed by atoms with van der Waals surface area (Å²) in [4.78, 5) is 12.3. The van der Waals surface area contributed by atoms with Crippen LogP contribution in [0.2, 0.25) is 0 Å². The van der Waals surface area contributed by atoms with Crippen molar-refractivity contribution in [2.45, 2.75) is 49.0 Å². The van der Waals surface area contributed by atoms with Crippen LogP contribution >= 0.6 is 45.2 Å². The van der Waals surface area contributed by atoms with Gasteiger partial charge in [-0.2, -0.15) is 0 Å². The fraction of sp³-hybridized carbons (Fsp3) is 0.588. The second kappa shape index (κ2) is 6.45. The minimum atomic E-state index is -4.75. The van der Waals surface area contributed by atoms with E-state index in [9.17, 15) is 22.9 Å². The number of phenols is 1. The largest absolute Gasteiger partial charge is 0.744 e. The van der Waals surface area contributed by atoms with Crippen LogP contribution in [-0.2, 0) is 14.9 Å². The Hall–Kier alpha value is -0.140. The van der Waals surface area contributed by atoms with Gasteiger partial charge < -0.3 is 14.4 Å². The molecule has 4 saturated carbocycles. The number of rotatable bonds is 3. The van der Waals surface area contributed by atoms with Crippen molar-refractivity contribution in [1.82, 2.24) is 0 Å². The third-order valence-corrected chi connectivity index (χ3v) is 9.47. The zero-order valence-corrected chi connectivity index (χ0v) is 18.8. The zero-order chi connectivity index (χ0) is 18.9. The first kappa shape index (κ1) is 19.2. The van der Waals surface area contributed by atoms with E-state index in [1.165, 1.54) is 25.3 Å². The normalized spacial score (nSPS) is 32.7. The minimum absolute atomic E-state index is 0.0815. The maximum absolute atomic E-state index is 12.8. The quantitative estimate of drug-likeness (QED) is 0.322. The number of benzene rings is 1. The van der Waals surface area contributed by atoms with Crippen LogP contribution in [0.25, 0.3) is 0 Å². The lowest BCUT2D eigenvalue weighted by atomic mass is 9.54. The Morgan fingerprint density at radius 2 is 1.65 bits per heavy atom. The monoisotopic (exact) mass is 603 g/mol. The van der Waals surface area contributed by atoms with Crippen molar-refractivity contribution in [3.05, 3.63) is 18.8 Å². The SMILES string of the molecule is O=C(OC12CC3CC(CC(C3)C1)C2)c1cc(I)c(S(=O)(=O)[O-])c(I)c1O. The summed E-state index contributed by atoms with van der Waals surface area (Å²) in [6.45, 7) is 0. The molecule has 0 spiro atoms. The fourth-order valence-electron chi connectivity index (χ4n) is 5.38. The number of hydrogen-bond donors (Lipinski definition) is 1. The van der Waals surface area contributed by atoms with Crippen LogP contribution in [0.3, 0.4) is 0 Å². The van der Waals surface area contributed by atoms with E-state index >= 15 is 0 Å². The summed E-state index contributed by atoms with van der Waals surface area (Å²) in [5, 5.41) is 10.3. The molecule has 0 atom stereocenters. The van der Waals surface area contributed by atoms with Crippen molar-refractivity contribution < 1.29 is 27.6 Å². The van der Waals surface area contributed by atoms with E-state index in [0.717, 1.165) is 19.3 Å². The summed E-state index contributed by atoms with van der Waals surface area (Å²) >= 11 is 3.27. The molecule has 4 aliphatic rings. The first-order valence-electron chi connectivity index (χ1n) is 8.48. The number of ether oxygens (including phenoxy) is 1. The summed E-state index contributed by atoms with van der Waals surface area (Å²) in [5.74, 6) is 0.674. The van der Waals surface area contributed by atoms with Crippen molar-refractivity contribution in [3.63, 3.8) is 0 Å². The summed E-state index contributed by atoms with van der Waals surface area (Å²) in [7, 11) is -4.75. The molecule has 1 aromatic rings. The summed E-state index contributed by atoms with van der Waals surface area (Å²) in [6.07, 6.45) is 6.25. The molecule has 5 rings (SSSR count). The molecule has 4 aliphatic carbocycles. The lowest BCUT2D eigenvalue weighted by molar-refractivity contribution is -0.131. The number of esters is 1. The average molecular weight is 603 g/mol. The molecule has 26 heavy (non-hydrogen) atoms. The second-order valence-corrected chi connectivity index (χ2v) is 11.4. The van der Waals surface area contributed by atoms with Crippen LogP contribution in [0.1, 0.15) is 48.9 Å². The lowest BCUT2D eigenvalue weighted by Gasteiger charge is -2.55. The molecule has 6 nitrogen and oxygen atoms in total. The van der Waals surface area contributed by atoms with Gasteiger partial charge in [0.05, 0.1) is 8.47 Å². The number of carbonyl (C=O) groups excluding carboxylic acids is 1. The van der Waals surface area contributed by atoms with E-state index in [1.807, 2.05) is 0 Å². The van der Waals surface area contributed by atoms with Gasteiger partial charge in [0.2, 0.25) is 0 Å². The predicted molar refractivity (Wildman–Crippen MR) is 108 cm³/mol. The topological polar surface area (TPSA) is 104 Å². The van der Waals surface area contributed by atoms with Gasteiger partial charge in [-0.15, -0.1) is 0 Å². The van der Waals surface area contributed by atoms with Crippen LogP contribution < -0.4 is 0 Å². The Morgan fingerprint density at radius 3 is 2.12 bits per heavy atom. The number of carbonyl (C=O) groups is 1. The third-order valence-electron chi connectivity index (χ3n) is 5.91. The highest BCUT2D eigenvalue weighted by atomic mass is 127. The molecule has 1 aromatic carbocycles. The maximum Gasteiger partial charge on any atom is 0.342 e. The van der Waals surface area contributed by atoms with Crippen LogP contribution in [-0.4, -0.2) is 29.6 Å². The molecular weight excluding hydrogens is 586 g/mol. The van der Waals surface area contributed by atoms with E-state index < -0.39 is 32.3 Å². The lowest BCUT2D eigenvalue weighted by Crippen LogP contribution is -2.52. The third kappa shape index (κ3) is 3.26. The van der Waals surface area contributed by atoms with Gasteiger partial charge >= 0.3 is 5.97 Å². The van der Waals surface area contributed by atoms with E-state index in [1.54, 1.807) is 45.2 Å². The van der Waals surface area contributed by atoms with E-state index in [2.05, 4.69) is 0 Å². The van der Waals surface area contributed by atoms with Gasteiger partial charge in [-0.3, -0.25) is 0 Å². The summed E-state index contributed by atoms with van der Waals surface area (Å²) < 4.78 is 40.1. The van der Waals surface area contributed by atoms with Crippen molar-refractivity contribution in [2.24, 2.45) is 17.8 Å². The Morgan fingerprint density at radius 1 is 1.15 bits per heavy atom. The Balaban J connectivity index is 1.65. The minimum Gasteiger partial charge on any atom is -0.744 e. The Labute approximate surface area is 179 Å². The fourth-order valence-corrected chi connectivity index (χ4v) is 9.29. The molecule has 0 saturated heterocycles. The van der Waals surface area contributed by atoms with Gasteiger partial charge in [-0.05, 0) is 108 Å². The molecule has 0 heterocycles. The van der Waals surface area contributed by atoms with Crippen molar-refractivity contribution >= 4 is 61.3 Å². The van der Waals surface area contributed by atoms with E-state index in [4.69, 9.17) is 4.74 Å². The predicted octanol–water partition coefficient (Wildman–Crippen LogP) is 3.63. The smallest absolute Gasteiger partial charge is 0.342 e. The van der Waals surface area contributed by atoms with Gasteiger partial charge in [0.25, 0.3) is 0 Å². The molecule has 4 fully saturated rings. The standard InChI is InChI=1S/C17H18I2O6S/c18-12-4-11(14(20)13(19)15(12)26(22,23)24)16(21)25-17-5-8-1-9(6-17)3-10(2-8)7-17/h4,8-10,20H,1-3,5-7H2,(H,22,23,24)/p-1. The molecular formula is C17H17I2O6S-. The first-order chi connectivity index (χ1) is 12.1. The molecule has 9 heteroatoms. The number of hydrogen-bond acceptors (Lipinski definition) is 6. The first-order valence-corrected chi connectivity index (χ1v) is 12.0. The van der Waals surface area contributed by atoms with Gasteiger partial charge in [0.1, 0.15) is 27.0 Å². The van der Waals surface area contributed by atoms with Gasteiger partial charge in [-0.25, -0.2) is 13.2 Å². The highest BCUT2D eigenvalue weighted by Gasteiger charge is 2.53. The number of aromatic hydroxyl groups is 1. The molecule has 0 aliphatic heterocycles. The van der Waals surface area contributed by atoms with Crippen LogP contribution in [0.15, 0.2) is 11.0 Å². The maximum atomic E-state index is 12.8. The molecule has 0 radical (unpaired) electrons. The highest BCUT2D eigenvalue weighted by Crippen LogP contribution is 2.57. The highest BCUT2D eigenvalue weighted by molar-refractivity contribution is 14.1. The van der Waals surface area contributed by atoms with E-state index in [-0.39, 0.29) is 12.7 Å². The van der Waals surface area contributed by atoms with Gasteiger partial charge in [0, 0.05) is 3.57 Å². The number of phenolic OH excluding ortho intramolecular Hbond substituents is 1. The van der Waals surface area contributed by atoms with Crippen molar-refractivity contribution in [2.75, 3.05) is 0 Å². The molecule has 142 valence electrons. The second-order valence-electron chi connectivity index (χ2n) is 7.84. The molecule has 0 amide bonds. The Kier molecular flexibility index (Phi) is 4.76. The van der Waals surface area contributed by atoms with Crippen LogP contribution in [0, 0.1) is 24.9 Å². The molecule has 4 bridgehead atoms. The van der Waals surface area contributed by atoms with Gasteiger partial charge in [-0.1, -0.05) is 0 Å². The van der Waals surface area contributed by atoms with Crippen LogP contribution in [0.4, 0.5) is 0 Å². The summed E-state index contributed by atoms with van der Waals surface area (Å²) in [5.41, 5.74) is -0.541. The van der Waals surface area contributed by atoms with Crippen LogP contribution in [0.5, 0.6) is 5.75 Å². The molecule has 1 N–H and O–H groups in total. The zero-order valence-electron chi connectivity index (χ0n) is 13.7. The van der Waals surface area contributed by atoms with Crippen molar-refractivity contribution in [3.8, 4) is 5.75 Å². The number of halogens is 2. The summed E-state index contributed by atoms with van der Waals surface area (Å²) in [6, 6.07) is 1.23. The van der Waals surface area contributed by atoms with Crippen molar-refractivity contribution in [1.29, 1.82) is 0 Å². The Bertz CT molecular complexity index is 860. The van der Waals surface area contributed by atoms with Gasteiger partial charge in [0.15, 0.2) is 0 Å². The molecule has 0 unspecified atom stereocenters. The average Bonchev–Trinajstić information content (AvgIpc) is 2.47. The van der Waals surface area contributed by atoms with E-state index in [0.29, 0.717) is 17.8 Å².